The number of hydrogen-bond donors (Lipinski definition) is 2. The Kier molecular flexibility index (Phi) is 7.73. The molecule has 2 aromatic carbocycles. The predicted octanol–water partition coefficient (Wildman–Crippen LogP) is 3.56. The van der Waals surface area contributed by atoms with Gasteiger partial charge in [0.05, 0.1) is 6.61 Å². The molecular weight excluding hydrogens is 364 g/mol. The van der Waals surface area contributed by atoms with Crippen molar-refractivity contribution in [3.63, 3.8) is 0 Å². The van der Waals surface area contributed by atoms with E-state index < -0.39 is 0 Å². The number of guanidine groups is 1. The number of carbonyl (C=O) groups excluding carboxylic acids is 1. The van der Waals surface area contributed by atoms with Crippen LogP contribution in [-0.4, -0.2) is 55.8 Å². The molecule has 29 heavy (non-hydrogen) atoms. The zero-order chi connectivity index (χ0) is 20.5. The molecule has 0 aliphatic carbocycles. The van der Waals surface area contributed by atoms with Gasteiger partial charge in [-0.1, -0.05) is 42.5 Å². The number of likely N-dealkylation sites (tertiary alicyclic amines) is 1. The van der Waals surface area contributed by atoms with Gasteiger partial charge in [-0.2, -0.15) is 0 Å². The summed E-state index contributed by atoms with van der Waals surface area (Å²) in [6.45, 7) is 7.31. The smallest absolute Gasteiger partial charge is 0.409 e. The third-order valence-electron chi connectivity index (χ3n) is 5.24. The number of nitrogens with one attached hydrogen (secondary N) is 2. The molecule has 0 radical (unpaired) electrons. The van der Waals surface area contributed by atoms with Crippen LogP contribution in [0.3, 0.4) is 0 Å². The van der Waals surface area contributed by atoms with Crippen molar-refractivity contribution >= 4 is 22.8 Å². The average Bonchev–Trinajstić information content (AvgIpc) is 2.75. The lowest BCUT2D eigenvalue weighted by Crippen LogP contribution is -2.50. The van der Waals surface area contributed by atoms with Crippen LogP contribution in [0.2, 0.25) is 0 Å². The van der Waals surface area contributed by atoms with E-state index in [0.717, 1.165) is 38.3 Å². The molecule has 0 atom stereocenters. The fraction of sp³-hybridized carbons (Fsp3) is 0.478. The standard InChI is InChI=1S/C23H32N4O2/c1-3-24-22(26-20-13-16-27(17-14-20)23(28)29-4-2)25-15-12-19-10-7-9-18-8-5-6-11-21(18)19/h5-11,20H,3-4,12-17H2,1-2H3,(H2,24,25,26). The molecule has 1 fully saturated rings. The lowest BCUT2D eigenvalue weighted by molar-refractivity contribution is 0.0963. The SMILES string of the molecule is CCNC(=NCCc1cccc2ccccc12)NC1CCN(C(=O)OCC)CC1. The Hall–Kier alpha value is -2.76. The minimum atomic E-state index is -0.207. The number of hydrogen-bond acceptors (Lipinski definition) is 3. The van der Waals surface area contributed by atoms with Crippen molar-refractivity contribution in [2.45, 2.75) is 39.2 Å². The summed E-state index contributed by atoms with van der Waals surface area (Å²) >= 11 is 0. The molecule has 1 heterocycles. The van der Waals surface area contributed by atoms with E-state index in [-0.39, 0.29) is 6.09 Å². The Balaban J connectivity index is 1.54. The van der Waals surface area contributed by atoms with Gasteiger partial charge in [0.15, 0.2) is 5.96 Å². The molecule has 1 amide bonds. The van der Waals surface area contributed by atoms with Gasteiger partial charge in [-0.25, -0.2) is 4.79 Å². The minimum Gasteiger partial charge on any atom is -0.450 e. The summed E-state index contributed by atoms with van der Waals surface area (Å²) in [4.78, 5) is 18.4. The first-order valence-electron chi connectivity index (χ1n) is 10.6. The first kappa shape index (κ1) is 21.0. The van der Waals surface area contributed by atoms with Gasteiger partial charge in [0.25, 0.3) is 0 Å². The van der Waals surface area contributed by atoms with E-state index in [9.17, 15) is 4.79 Å². The molecule has 6 nitrogen and oxygen atoms in total. The number of aliphatic imine (C=N–C) groups is 1. The molecule has 6 heteroatoms. The van der Waals surface area contributed by atoms with Gasteiger partial charge in [-0.05, 0) is 49.4 Å². The molecule has 0 aromatic heterocycles. The summed E-state index contributed by atoms with van der Waals surface area (Å²) in [6, 6.07) is 15.2. The van der Waals surface area contributed by atoms with Crippen molar-refractivity contribution in [2.75, 3.05) is 32.8 Å². The highest BCUT2D eigenvalue weighted by Gasteiger charge is 2.24. The van der Waals surface area contributed by atoms with Crippen LogP contribution in [0.5, 0.6) is 0 Å². The second-order valence-electron chi connectivity index (χ2n) is 7.25. The molecule has 2 N–H and O–H groups in total. The Morgan fingerprint density at radius 3 is 2.66 bits per heavy atom. The van der Waals surface area contributed by atoms with Crippen LogP contribution in [-0.2, 0) is 11.2 Å². The van der Waals surface area contributed by atoms with E-state index in [0.29, 0.717) is 25.7 Å². The number of benzene rings is 2. The van der Waals surface area contributed by atoms with Crippen LogP contribution in [0, 0.1) is 0 Å². The number of rotatable bonds is 6. The first-order chi connectivity index (χ1) is 14.2. The zero-order valence-electron chi connectivity index (χ0n) is 17.5. The monoisotopic (exact) mass is 396 g/mol. The lowest BCUT2D eigenvalue weighted by Gasteiger charge is -2.32. The number of piperidine rings is 1. The summed E-state index contributed by atoms with van der Waals surface area (Å²) in [6.07, 6.45) is 2.49. The van der Waals surface area contributed by atoms with Gasteiger partial charge in [0, 0.05) is 32.2 Å². The largest absolute Gasteiger partial charge is 0.450 e. The van der Waals surface area contributed by atoms with Gasteiger partial charge in [-0.3, -0.25) is 4.99 Å². The molecule has 1 aliphatic rings. The highest BCUT2D eigenvalue weighted by Crippen LogP contribution is 2.19. The van der Waals surface area contributed by atoms with Crippen LogP contribution in [0.4, 0.5) is 4.79 Å². The average molecular weight is 397 g/mol. The summed E-state index contributed by atoms with van der Waals surface area (Å²) in [5.74, 6) is 0.849. The summed E-state index contributed by atoms with van der Waals surface area (Å²) in [5.41, 5.74) is 1.32. The second kappa shape index (κ2) is 10.7. The Morgan fingerprint density at radius 2 is 1.90 bits per heavy atom. The van der Waals surface area contributed by atoms with Crippen LogP contribution in [0.1, 0.15) is 32.3 Å². The van der Waals surface area contributed by atoms with Crippen LogP contribution in [0.25, 0.3) is 10.8 Å². The van der Waals surface area contributed by atoms with Crippen molar-refractivity contribution in [3.8, 4) is 0 Å². The number of carbonyl (C=O) groups is 1. The molecule has 0 spiro atoms. The summed E-state index contributed by atoms with van der Waals surface area (Å²) < 4.78 is 5.09. The maximum absolute atomic E-state index is 11.8. The van der Waals surface area contributed by atoms with Gasteiger partial charge >= 0.3 is 6.09 Å². The fourth-order valence-electron chi connectivity index (χ4n) is 3.73. The fourth-order valence-corrected chi connectivity index (χ4v) is 3.73. The Labute approximate surface area is 173 Å². The number of ether oxygens (including phenoxy) is 1. The van der Waals surface area contributed by atoms with Crippen LogP contribution < -0.4 is 10.6 Å². The van der Waals surface area contributed by atoms with E-state index in [1.54, 1.807) is 4.90 Å². The minimum absolute atomic E-state index is 0.207. The molecule has 156 valence electrons. The topological polar surface area (TPSA) is 66.0 Å². The third kappa shape index (κ3) is 5.86. The quantitative estimate of drug-likeness (QED) is 0.579. The summed E-state index contributed by atoms with van der Waals surface area (Å²) in [7, 11) is 0. The highest BCUT2D eigenvalue weighted by atomic mass is 16.6. The predicted molar refractivity (Wildman–Crippen MR) is 118 cm³/mol. The molecular formula is C23H32N4O2. The molecule has 0 unspecified atom stereocenters. The Morgan fingerprint density at radius 1 is 1.14 bits per heavy atom. The normalized spacial score (nSPS) is 15.4. The van der Waals surface area contributed by atoms with Crippen molar-refractivity contribution in [1.29, 1.82) is 0 Å². The van der Waals surface area contributed by atoms with E-state index in [4.69, 9.17) is 9.73 Å². The molecule has 1 aliphatic heterocycles. The number of fused-ring (bicyclic) bond motifs is 1. The second-order valence-corrected chi connectivity index (χ2v) is 7.25. The zero-order valence-corrected chi connectivity index (χ0v) is 17.5. The van der Waals surface area contributed by atoms with E-state index >= 15 is 0 Å². The van der Waals surface area contributed by atoms with Gasteiger partial charge in [0.2, 0.25) is 0 Å². The van der Waals surface area contributed by atoms with Crippen LogP contribution >= 0.6 is 0 Å². The molecule has 2 aromatic rings. The van der Waals surface area contributed by atoms with E-state index in [2.05, 4.69) is 60.0 Å². The van der Waals surface area contributed by atoms with Gasteiger partial charge in [0.1, 0.15) is 0 Å². The summed E-state index contributed by atoms with van der Waals surface area (Å²) in [5, 5.41) is 9.44. The lowest BCUT2D eigenvalue weighted by atomic mass is 10.0. The molecule has 3 rings (SSSR count). The van der Waals surface area contributed by atoms with Gasteiger partial charge in [-0.15, -0.1) is 0 Å². The van der Waals surface area contributed by atoms with Gasteiger partial charge < -0.3 is 20.3 Å². The van der Waals surface area contributed by atoms with Crippen molar-refractivity contribution in [2.24, 2.45) is 4.99 Å². The van der Waals surface area contributed by atoms with Crippen molar-refractivity contribution in [3.05, 3.63) is 48.0 Å². The van der Waals surface area contributed by atoms with Crippen LogP contribution in [0.15, 0.2) is 47.5 Å². The first-order valence-corrected chi connectivity index (χ1v) is 10.6. The molecule has 0 bridgehead atoms. The van der Waals surface area contributed by atoms with Crippen molar-refractivity contribution in [1.82, 2.24) is 15.5 Å². The maximum Gasteiger partial charge on any atom is 0.409 e. The maximum atomic E-state index is 11.8. The number of amides is 1. The third-order valence-corrected chi connectivity index (χ3v) is 5.24. The van der Waals surface area contributed by atoms with E-state index in [1.807, 2.05) is 6.92 Å². The molecule has 0 saturated carbocycles. The van der Waals surface area contributed by atoms with E-state index in [1.165, 1.54) is 16.3 Å². The molecule has 1 saturated heterocycles. The Bertz CT molecular complexity index is 823. The highest BCUT2D eigenvalue weighted by molar-refractivity contribution is 5.85. The number of nitrogens with zero attached hydrogens (tertiary/aromatic N) is 2. The van der Waals surface area contributed by atoms with Crippen molar-refractivity contribution < 1.29 is 9.53 Å².